The number of halogens is 1. The average Bonchev–Trinajstić information content (AvgIpc) is 2.32. The van der Waals surface area contributed by atoms with Gasteiger partial charge in [0.2, 0.25) is 5.88 Å². The first-order valence-electron chi connectivity index (χ1n) is 5.25. The van der Waals surface area contributed by atoms with E-state index in [4.69, 9.17) is 10.5 Å². The number of pyridine rings is 1. The topological polar surface area (TPSA) is 82.3 Å². The molecule has 0 fully saturated rings. The number of hydrogen-bond acceptors (Lipinski definition) is 5. The Bertz CT molecular complexity index is 717. The van der Waals surface area contributed by atoms with Crippen LogP contribution in [0.1, 0.15) is 0 Å². The summed E-state index contributed by atoms with van der Waals surface area (Å²) < 4.78 is 29.1. The van der Waals surface area contributed by atoms with Crippen LogP contribution in [0, 0.1) is 0 Å². The molecule has 0 radical (unpaired) electrons. The normalized spacial score (nSPS) is 11.3. The van der Waals surface area contributed by atoms with E-state index in [0.29, 0.717) is 11.4 Å². The van der Waals surface area contributed by atoms with E-state index in [-0.39, 0.29) is 10.8 Å². The zero-order valence-electron chi connectivity index (χ0n) is 10.00. The molecule has 2 rings (SSSR count). The average molecular weight is 343 g/mol. The molecule has 2 N–H and O–H groups in total. The van der Waals surface area contributed by atoms with Crippen LogP contribution in [0.3, 0.4) is 0 Å². The summed E-state index contributed by atoms with van der Waals surface area (Å²) in [6.45, 7) is 0. The molecule has 0 spiro atoms. The quantitative estimate of drug-likeness (QED) is 0.926. The van der Waals surface area contributed by atoms with Crippen LogP contribution < -0.4 is 10.5 Å². The number of aromatic nitrogens is 1. The third kappa shape index (κ3) is 3.45. The molecular weight excluding hydrogens is 332 g/mol. The number of nitrogen functional groups attached to an aromatic ring is 1. The maximum Gasteiger partial charge on any atom is 0.242 e. The van der Waals surface area contributed by atoms with Gasteiger partial charge in [-0.25, -0.2) is 13.4 Å². The van der Waals surface area contributed by atoms with Crippen LogP contribution in [0.25, 0.3) is 0 Å². The van der Waals surface area contributed by atoms with Crippen molar-refractivity contribution in [3.63, 3.8) is 0 Å². The van der Waals surface area contributed by atoms with Crippen molar-refractivity contribution in [2.24, 2.45) is 0 Å². The Morgan fingerprint density at radius 2 is 2.05 bits per heavy atom. The van der Waals surface area contributed by atoms with Gasteiger partial charge in [-0.3, -0.25) is 0 Å². The van der Waals surface area contributed by atoms with Crippen LogP contribution in [0.4, 0.5) is 5.69 Å². The smallest absolute Gasteiger partial charge is 0.242 e. The fourth-order valence-corrected chi connectivity index (χ4v) is 2.41. The van der Waals surface area contributed by atoms with Crippen LogP contribution in [0.5, 0.6) is 11.6 Å². The first-order valence-corrected chi connectivity index (χ1v) is 7.94. The number of hydrogen-bond donors (Lipinski definition) is 1. The van der Waals surface area contributed by atoms with Crippen molar-refractivity contribution >= 4 is 31.5 Å². The van der Waals surface area contributed by atoms with E-state index >= 15 is 0 Å². The van der Waals surface area contributed by atoms with Crippen molar-refractivity contribution in [3.8, 4) is 11.6 Å². The Morgan fingerprint density at radius 3 is 2.68 bits per heavy atom. The van der Waals surface area contributed by atoms with Gasteiger partial charge in [-0.2, -0.15) is 0 Å². The number of rotatable bonds is 3. The van der Waals surface area contributed by atoms with Gasteiger partial charge < -0.3 is 10.5 Å². The molecule has 1 heterocycles. The molecule has 0 amide bonds. The Labute approximate surface area is 119 Å². The van der Waals surface area contributed by atoms with Gasteiger partial charge in [0.05, 0.1) is 10.6 Å². The zero-order valence-corrected chi connectivity index (χ0v) is 12.4. The summed E-state index contributed by atoms with van der Waals surface area (Å²) >= 11 is 3.24. The number of benzene rings is 1. The van der Waals surface area contributed by atoms with Crippen LogP contribution in [0.2, 0.25) is 0 Å². The van der Waals surface area contributed by atoms with E-state index in [1.54, 1.807) is 24.4 Å². The van der Waals surface area contributed by atoms with Crippen molar-refractivity contribution in [1.82, 2.24) is 4.98 Å². The lowest BCUT2D eigenvalue weighted by Crippen LogP contribution is -1.98. The number of sulfone groups is 1. The van der Waals surface area contributed by atoms with E-state index < -0.39 is 9.84 Å². The molecule has 0 aliphatic rings. The molecule has 0 saturated heterocycles. The van der Waals surface area contributed by atoms with E-state index in [1.807, 2.05) is 0 Å². The third-order valence-electron chi connectivity index (χ3n) is 2.29. The van der Waals surface area contributed by atoms with Crippen LogP contribution in [0.15, 0.2) is 45.9 Å². The van der Waals surface area contributed by atoms with Crippen molar-refractivity contribution in [1.29, 1.82) is 0 Å². The van der Waals surface area contributed by atoms with Gasteiger partial charge in [0.25, 0.3) is 0 Å². The molecule has 100 valence electrons. The second-order valence-electron chi connectivity index (χ2n) is 3.90. The lowest BCUT2D eigenvalue weighted by atomic mass is 10.3. The summed E-state index contributed by atoms with van der Waals surface area (Å²) in [5.74, 6) is 0.596. The van der Waals surface area contributed by atoms with Gasteiger partial charge in [0.1, 0.15) is 5.75 Å². The largest absolute Gasteiger partial charge is 0.437 e. The lowest BCUT2D eigenvalue weighted by molar-refractivity contribution is 0.463. The Hall–Kier alpha value is -1.60. The summed E-state index contributed by atoms with van der Waals surface area (Å²) in [7, 11) is -3.27. The lowest BCUT2D eigenvalue weighted by Gasteiger charge is -2.08. The Balaban J connectivity index is 2.34. The molecule has 7 heteroatoms. The predicted molar refractivity (Wildman–Crippen MR) is 76.0 cm³/mol. The fourth-order valence-electron chi connectivity index (χ4n) is 1.41. The molecule has 0 bridgehead atoms. The molecule has 19 heavy (non-hydrogen) atoms. The molecule has 0 aliphatic carbocycles. The van der Waals surface area contributed by atoms with Crippen LogP contribution in [-0.4, -0.2) is 19.7 Å². The standard InChI is InChI=1S/C12H11BrN2O3S/c1-19(16,17)10-4-2-3-9(6-10)18-12-11(14)5-8(13)7-15-12/h2-7H,14H2,1H3. The third-order valence-corrected chi connectivity index (χ3v) is 3.84. The van der Waals surface area contributed by atoms with Gasteiger partial charge in [-0.05, 0) is 40.2 Å². The number of nitrogens with two attached hydrogens (primary N) is 1. The summed E-state index contributed by atoms with van der Waals surface area (Å²) in [5, 5.41) is 0. The van der Waals surface area contributed by atoms with Crippen molar-refractivity contribution in [2.75, 3.05) is 12.0 Å². The highest BCUT2D eigenvalue weighted by Gasteiger charge is 2.10. The molecule has 0 unspecified atom stereocenters. The number of anilines is 1. The van der Waals surface area contributed by atoms with E-state index in [1.165, 1.54) is 12.1 Å². The van der Waals surface area contributed by atoms with Crippen molar-refractivity contribution in [2.45, 2.75) is 4.90 Å². The van der Waals surface area contributed by atoms with Gasteiger partial charge >= 0.3 is 0 Å². The second kappa shape index (κ2) is 5.18. The summed E-state index contributed by atoms with van der Waals surface area (Å²) in [6.07, 6.45) is 2.68. The van der Waals surface area contributed by atoms with E-state index in [2.05, 4.69) is 20.9 Å². The minimum Gasteiger partial charge on any atom is -0.437 e. The number of ether oxygens (including phenoxy) is 1. The molecule has 5 nitrogen and oxygen atoms in total. The highest BCUT2D eigenvalue weighted by molar-refractivity contribution is 9.10. The van der Waals surface area contributed by atoms with Crippen LogP contribution in [-0.2, 0) is 9.84 Å². The fraction of sp³-hybridized carbons (Fsp3) is 0.0833. The van der Waals surface area contributed by atoms with Gasteiger partial charge in [-0.15, -0.1) is 0 Å². The Kier molecular flexibility index (Phi) is 3.77. The SMILES string of the molecule is CS(=O)(=O)c1cccc(Oc2ncc(Br)cc2N)c1. The second-order valence-corrected chi connectivity index (χ2v) is 6.83. The molecule has 2 aromatic rings. The van der Waals surface area contributed by atoms with Gasteiger partial charge in [-0.1, -0.05) is 6.07 Å². The minimum atomic E-state index is -3.27. The monoisotopic (exact) mass is 342 g/mol. The highest BCUT2D eigenvalue weighted by Crippen LogP contribution is 2.28. The maximum atomic E-state index is 11.4. The first-order chi connectivity index (χ1) is 8.86. The molecule has 0 aliphatic heterocycles. The van der Waals surface area contributed by atoms with Gasteiger partial charge in [0, 0.05) is 16.9 Å². The molecule has 0 atom stereocenters. The van der Waals surface area contributed by atoms with E-state index in [0.717, 1.165) is 10.7 Å². The molecule has 1 aromatic carbocycles. The highest BCUT2D eigenvalue weighted by atomic mass is 79.9. The van der Waals surface area contributed by atoms with E-state index in [9.17, 15) is 8.42 Å². The molecule has 0 saturated carbocycles. The maximum absolute atomic E-state index is 11.4. The molecular formula is C12H11BrN2O3S. The summed E-state index contributed by atoms with van der Waals surface area (Å²) in [4.78, 5) is 4.20. The zero-order chi connectivity index (χ0) is 14.0. The number of nitrogens with zero attached hydrogens (tertiary/aromatic N) is 1. The Morgan fingerprint density at radius 1 is 1.32 bits per heavy atom. The summed E-state index contributed by atoms with van der Waals surface area (Å²) in [5.41, 5.74) is 6.12. The molecule has 1 aromatic heterocycles. The first kappa shape index (κ1) is 13.8. The predicted octanol–water partition coefficient (Wildman–Crippen LogP) is 2.62. The van der Waals surface area contributed by atoms with Crippen molar-refractivity contribution < 1.29 is 13.2 Å². The summed E-state index contributed by atoms with van der Waals surface area (Å²) in [6, 6.07) is 7.82. The van der Waals surface area contributed by atoms with Crippen molar-refractivity contribution in [3.05, 3.63) is 41.0 Å². The minimum absolute atomic E-state index is 0.181. The van der Waals surface area contributed by atoms with Crippen LogP contribution >= 0.6 is 15.9 Å². The van der Waals surface area contributed by atoms with Gasteiger partial charge in [0.15, 0.2) is 9.84 Å².